The van der Waals surface area contributed by atoms with Crippen LogP contribution in [0.15, 0.2) is 30.3 Å². The number of fused-ring (bicyclic) bond motifs is 2. The van der Waals surface area contributed by atoms with Crippen LogP contribution in [0, 0.1) is 0 Å². The molecule has 1 aliphatic carbocycles. The molecule has 2 heterocycles. The van der Waals surface area contributed by atoms with Crippen molar-refractivity contribution in [2.75, 3.05) is 6.61 Å². The summed E-state index contributed by atoms with van der Waals surface area (Å²) < 4.78 is 5.64. The number of benzene rings is 1. The van der Waals surface area contributed by atoms with Gasteiger partial charge in [-0.3, -0.25) is 4.79 Å². The van der Waals surface area contributed by atoms with E-state index in [1.807, 2.05) is 24.3 Å². The Morgan fingerprint density at radius 3 is 3.10 bits per heavy atom. The summed E-state index contributed by atoms with van der Waals surface area (Å²) in [4.78, 5) is 14.7. The molecule has 1 atom stereocenters. The van der Waals surface area contributed by atoms with Gasteiger partial charge in [0.25, 0.3) is 5.91 Å². The number of amides is 1. The smallest absolute Gasteiger partial charge is 0.261 e. The Morgan fingerprint density at radius 2 is 2.19 bits per heavy atom. The maximum atomic E-state index is 12.5. The van der Waals surface area contributed by atoms with E-state index in [1.165, 1.54) is 16.9 Å². The van der Waals surface area contributed by atoms with Crippen LogP contribution < -0.4 is 10.1 Å². The van der Waals surface area contributed by atoms with Crippen molar-refractivity contribution in [2.45, 2.75) is 31.7 Å². The van der Waals surface area contributed by atoms with Crippen LogP contribution in [0.2, 0.25) is 0 Å². The van der Waals surface area contributed by atoms with Gasteiger partial charge in [0.05, 0.1) is 17.5 Å². The zero-order valence-corrected chi connectivity index (χ0v) is 12.5. The summed E-state index contributed by atoms with van der Waals surface area (Å²) in [7, 11) is 0. The van der Waals surface area contributed by atoms with Crippen LogP contribution in [0.4, 0.5) is 0 Å². The van der Waals surface area contributed by atoms with Gasteiger partial charge in [0, 0.05) is 16.9 Å². The molecule has 1 N–H and O–H groups in total. The summed E-state index contributed by atoms with van der Waals surface area (Å²) in [6, 6.07) is 10.1. The van der Waals surface area contributed by atoms with Gasteiger partial charge in [0.15, 0.2) is 0 Å². The number of carbonyl (C=O) groups excluding carboxylic acids is 1. The number of hydrogen-bond acceptors (Lipinski definition) is 3. The first-order chi connectivity index (χ1) is 10.3. The van der Waals surface area contributed by atoms with Crippen LogP contribution in [0.1, 0.15) is 44.6 Å². The normalized spacial score (nSPS) is 19.5. The quantitative estimate of drug-likeness (QED) is 0.922. The van der Waals surface area contributed by atoms with Gasteiger partial charge in [-0.1, -0.05) is 18.2 Å². The fourth-order valence-electron chi connectivity index (χ4n) is 3.16. The molecule has 0 radical (unpaired) electrons. The number of carbonyl (C=O) groups is 1. The van der Waals surface area contributed by atoms with Gasteiger partial charge >= 0.3 is 0 Å². The fraction of sp³-hybridized carbons (Fsp3) is 0.353. The summed E-state index contributed by atoms with van der Waals surface area (Å²) in [5.74, 6) is 0.943. The number of aryl methyl sites for hydroxylation is 2. The highest BCUT2D eigenvalue weighted by molar-refractivity contribution is 7.14. The maximum absolute atomic E-state index is 12.5. The van der Waals surface area contributed by atoms with Crippen molar-refractivity contribution in [2.24, 2.45) is 0 Å². The number of rotatable bonds is 2. The van der Waals surface area contributed by atoms with Gasteiger partial charge in [-0.05, 0) is 37.0 Å². The van der Waals surface area contributed by atoms with E-state index in [4.69, 9.17) is 4.74 Å². The van der Waals surface area contributed by atoms with Crippen LogP contribution in [-0.2, 0) is 12.8 Å². The number of para-hydroxylation sites is 1. The number of ether oxygens (including phenoxy) is 1. The Bertz CT molecular complexity index is 670. The second-order valence-electron chi connectivity index (χ2n) is 5.61. The fourth-order valence-corrected chi connectivity index (χ4v) is 4.32. The molecular formula is C17H17NO2S. The first kappa shape index (κ1) is 12.9. The van der Waals surface area contributed by atoms with E-state index in [-0.39, 0.29) is 11.9 Å². The van der Waals surface area contributed by atoms with E-state index in [2.05, 4.69) is 11.4 Å². The molecule has 0 saturated heterocycles. The van der Waals surface area contributed by atoms with Crippen molar-refractivity contribution < 1.29 is 9.53 Å². The average molecular weight is 299 g/mol. The van der Waals surface area contributed by atoms with E-state index >= 15 is 0 Å². The van der Waals surface area contributed by atoms with E-state index in [0.29, 0.717) is 6.61 Å². The molecule has 1 aromatic heterocycles. The van der Waals surface area contributed by atoms with Crippen molar-refractivity contribution in [1.82, 2.24) is 5.32 Å². The zero-order chi connectivity index (χ0) is 14.2. The minimum absolute atomic E-state index is 0.0519. The maximum Gasteiger partial charge on any atom is 0.261 e. The molecule has 2 aromatic rings. The van der Waals surface area contributed by atoms with E-state index in [1.54, 1.807) is 11.3 Å². The molecule has 21 heavy (non-hydrogen) atoms. The van der Waals surface area contributed by atoms with E-state index in [0.717, 1.165) is 35.5 Å². The Labute approximate surface area is 127 Å². The van der Waals surface area contributed by atoms with Gasteiger partial charge in [0.1, 0.15) is 5.75 Å². The van der Waals surface area contributed by atoms with Gasteiger partial charge < -0.3 is 10.1 Å². The van der Waals surface area contributed by atoms with Crippen LogP contribution in [-0.4, -0.2) is 12.5 Å². The standard InChI is InChI=1S/C17H17NO2S/c19-17(16-10-11-4-3-7-15(11)21-16)18-13-8-9-20-14-6-2-1-5-12(13)14/h1-2,5-6,10,13H,3-4,7-9H2,(H,18,19)/t13-/m0/s1. The summed E-state index contributed by atoms with van der Waals surface area (Å²) in [6.45, 7) is 0.656. The molecule has 1 amide bonds. The first-order valence-electron chi connectivity index (χ1n) is 7.45. The molecule has 2 aliphatic rings. The zero-order valence-electron chi connectivity index (χ0n) is 11.7. The predicted molar refractivity (Wildman–Crippen MR) is 83.1 cm³/mol. The molecule has 0 unspecified atom stereocenters. The highest BCUT2D eigenvalue weighted by Gasteiger charge is 2.25. The molecule has 0 fully saturated rings. The van der Waals surface area contributed by atoms with Gasteiger partial charge in [-0.2, -0.15) is 0 Å². The molecule has 4 rings (SSSR count). The van der Waals surface area contributed by atoms with Crippen LogP contribution >= 0.6 is 11.3 Å². The third kappa shape index (κ3) is 2.33. The third-order valence-corrected chi connectivity index (χ3v) is 5.47. The second kappa shape index (κ2) is 5.19. The lowest BCUT2D eigenvalue weighted by molar-refractivity contribution is 0.0929. The molecule has 1 aromatic carbocycles. The lowest BCUT2D eigenvalue weighted by Gasteiger charge is -2.26. The van der Waals surface area contributed by atoms with Gasteiger partial charge in [-0.15, -0.1) is 11.3 Å². The Kier molecular flexibility index (Phi) is 3.19. The van der Waals surface area contributed by atoms with Gasteiger partial charge in [0.2, 0.25) is 0 Å². The van der Waals surface area contributed by atoms with Crippen molar-refractivity contribution >= 4 is 17.2 Å². The van der Waals surface area contributed by atoms with Crippen LogP contribution in [0.5, 0.6) is 5.75 Å². The molecule has 4 heteroatoms. The molecule has 0 spiro atoms. The first-order valence-corrected chi connectivity index (χ1v) is 8.27. The monoisotopic (exact) mass is 299 g/mol. The Hall–Kier alpha value is -1.81. The van der Waals surface area contributed by atoms with Crippen molar-refractivity contribution in [3.05, 3.63) is 51.2 Å². The minimum Gasteiger partial charge on any atom is -0.493 e. The molecular weight excluding hydrogens is 282 g/mol. The highest BCUT2D eigenvalue weighted by atomic mass is 32.1. The van der Waals surface area contributed by atoms with Crippen molar-refractivity contribution in [3.63, 3.8) is 0 Å². The van der Waals surface area contributed by atoms with Gasteiger partial charge in [-0.25, -0.2) is 0 Å². The molecule has 108 valence electrons. The number of hydrogen-bond donors (Lipinski definition) is 1. The highest BCUT2D eigenvalue weighted by Crippen LogP contribution is 2.33. The van der Waals surface area contributed by atoms with Crippen LogP contribution in [0.3, 0.4) is 0 Å². The minimum atomic E-state index is 0.0519. The van der Waals surface area contributed by atoms with E-state index < -0.39 is 0 Å². The van der Waals surface area contributed by atoms with E-state index in [9.17, 15) is 4.79 Å². The Morgan fingerprint density at radius 1 is 1.29 bits per heavy atom. The Balaban J connectivity index is 1.54. The SMILES string of the molecule is O=C(N[C@H]1CCOc2ccccc21)c1cc2c(s1)CCC2. The number of nitrogens with one attached hydrogen (secondary N) is 1. The molecule has 0 bridgehead atoms. The summed E-state index contributed by atoms with van der Waals surface area (Å²) >= 11 is 1.66. The van der Waals surface area contributed by atoms with Crippen LogP contribution in [0.25, 0.3) is 0 Å². The largest absolute Gasteiger partial charge is 0.493 e. The van der Waals surface area contributed by atoms with Crippen molar-refractivity contribution in [1.29, 1.82) is 0 Å². The second-order valence-corrected chi connectivity index (χ2v) is 6.75. The summed E-state index contributed by atoms with van der Waals surface area (Å²) in [5, 5.41) is 3.17. The third-order valence-electron chi connectivity index (χ3n) is 4.23. The predicted octanol–water partition coefficient (Wildman–Crippen LogP) is 3.49. The number of thiophene rings is 1. The summed E-state index contributed by atoms with van der Waals surface area (Å²) in [5.41, 5.74) is 2.46. The van der Waals surface area contributed by atoms with Crippen molar-refractivity contribution in [3.8, 4) is 5.75 Å². The lowest BCUT2D eigenvalue weighted by Crippen LogP contribution is -2.31. The molecule has 0 saturated carbocycles. The lowest BCUT2D eigenvalue weighted by atomic mass is 10.0. The molecule has 3 nitrogen and oxygen atoms in total. The molecule has 1 aliphatic heterocycles. The topological polar surface area (TPSA) is 38.3 Å². The average Bonchev–Trinajstić information content (AvgIpc) is 3.09. The summed E-state index contributed by atoms with van der Waals surface area (Å²) in [6.07, 6.45) is 4.32.